The molecule has 0 spiro atoms. The fourth-order valence-electron chi connectivity index (χ4n) is 3.34. The molecule has 2 heterocycles. The first-order valence-electron chi connectivity index (χ1n) is 7.93. The van der Waals surface area contributed by atoms with Gasteiger partial charge in [-0.2, -0.15) is 5.10 Å². The Hall–Kier alpha value is -1.43. The Kier molecular flexibility index (Phi) is 5.33. The van der Waals surface area contributed by atoms with Gasteiger partial charge in [-0.15, -0.1) is 0 Å². The topological polar surface area (TPSA) is 71.2 Å². The Morgan fingerprint density at radius 3 is 2.90 bits per heavy atom. The van der Waals surface area contributed by atoms with Crippen molar-refractivity contribution >= 4 is 5.97 Å². The second-order valence-electron chi connectivity index (χ2n) is 6.05. The molecule has 0 amide bonds. The molecule has 0 bridgehead atoms. The van der Waals surface area contributed by atoms with E-state index in [0.29, 0.717) is 13.1 Å². The van der Waals surface area contributed by atoms with E-state index in [1.165, 1.54) is 0 Å². The van der Waals surface area contributed by atoms with Gasteiger partial charge in [-0.05, 0) is 32.2 Å². The summed E-state index contributed by atoms with van der Waals surface area (Å²) in [4.78, 5) is 18.3. The monoisotopic (exact) mass is 294 g/mol. The van der Waals surface area contributed by atoms with Crippen molar-refractivity contribution in [3.8, 4) is 0 Å². The van der Waals surface area contributed by atoms with Crippen LogP contribution in [0.25, 0.3) is 0 Å². The summed E-state index contributed by atoms with van der Waals surface area (Å²) >= 11 is 0. The molecule has 0 radical (unpaired) electrons. The zero-order chi connectivity index (χ0) is 15.3. The number of piperidine rings is 1. The molecule has 0 aromatic carbocycles. The van der Waals surface area contributed by atoms with Gasteiger partial charge in [0.15, 0.2) is 0 Å². The average molecular weight is 294 g/mol. The van der Waals surface area contributed by atoms with Crippen molar-refractivity contribution in [2.45, 2.75) is 59.0 Å². The van der Waals surface area contributed by atoms with E-state index in [1.807, 2.05) is 4.68 Å². The average Bonchev–Trinajstić information content (AvgIpc) is 2.87. The van der Waals surface area contributed by atoms with Crippen LogP contribution in [0.15, 0.2) is 6.33 Å². The van der Waals surface area contributed by atoms with Crippen molar-refractivity contribution in [1.82, 2.24) is 19.7 Å². The van der Waals surface area contributed by atoms with Crippen molar-refractivity contribution in [2.24, 2.45) is 5.41 Å². The highest BCUT2D eigenvalue weighted by atomic mass is 16.4. The first kappa shape index (κ1) is 15.9. The number of carboxylic acid groups (broad SMARTS) is 1. The molecular formula is C15H26N4O2. The maximum Gasteiger partial charge on any atom is 0.310 e. The van der Waals surface area contributed by atoms with Crippen molar-refractivity contribution in [3.63, 3.8) is 0 Å². The van der Waals surface area contributed by atoms with E-state index >= 15 is 0 Å². The number of carbonyl (C=O) groups is 1. The van der Waals surface area contributed by atoms with Gasteiger partial charge in [-0.1, -0.05) is 20.3 Å². The first-order chi connectivity index (χ1) is 10.1. The number of aryl methyl sites for hydroxylation is 1. The van der Waals surface area contributed by atoms with Crippen molar-refractivity contribution in [3.05, 3.63) is 12.2 Å². The van der Waals surface area contributed by atoms with Gasteiger partial charge in [0.05, 0.1) is 12.0 Å². The number of rotatable bonds is 7. The highest BCUT2D eigenvalue weighted by Crippen LogP contribution is 2.35. The van der Waals surface area contributed by atoms with Crippen molar-refractivity contribution < 1.29 is 9.90 Å². The minimum Gasteiger partial charge on any atom is -0.481 e. The Labute approximate surface area is 126 Å². The molecule has 1 atom stereocenters. The van der Waals surface area contributed by atoms with Gasteiger partial charge >= 0.3 is 5.97 Å². The Morgan fingerprint density at radius 2 is 2.24 bits per heavy atom. The summed E-state index contributed by atoms with van der Waals surface area (Å²) < 4.78 is 1.93. The van der Waals surface area contributed by atoms with Crippen LogP contribution in [-0.2, 0) is 17.9 Å². The maximum atomic E-state index is 11.7. The number of nitrogens with zero attached hydrogens (tertiary/aromatic N) is 4. The SMILES string of the molecule is CCCn1ncnc1CN1CCCC(CCC)(C(=O)O)C1. The fraction of sp³-hybridized carbons (Fsp3) is 0.800. The van der Waals surface area contributed by atoms with Gasteiger partial charge in [0.1, 0.15) is 12.2 Å². The van der Waals surface area contributed by atoms with E-state index in [-0.39, 0.29) is 0 Å². The second kappa shape index (κ2) is 7.02. The molecule has 1 aromatic rings. The molecule has 6 nitrogen and oxygen atoms in total. The summed E-state index contributed by atoms with van der Waals surface area (Å²) in [6.07, 6.45) is 5.99. The summed E-state index contributed by atoms with van der Waals surface area (Å²) in [6.45, 7) is 7.29. The number of aliphatic carboxylic acids is 1. The van der Waals surface area contributed by atoms with Crippen LogP contribution in [0.2, 0.25) is 0 Å². The predicted octanol–water partition coefficient (Wildman–Crippen LogP) is 2.16. The molecule has 1 saturated heterocycles. The zero-order valence-electron chi connectivity index (χ0n) is 13.1. The van der Waals surface area contributed by atoms with E-state index in [2.05, 4.69) is 28.8 Å². The largest absolute Gasteiger partial charge is 0.481 e. The van der Waals surface area contributed by atoms with E-state index in [1.54, 1.807) is 6.33 Å². The number of hydrogen-bond donors (Lipinski definition) is 1. The molecule has 1 N–H and O–H groups in total. The molecule has 1 unspecified atom stereocenters. The van der Waals surface area contributed by atoms with Crippen LogP contribution in [0.1, 0.15) is 51.8 Å². The maximum absolute atomic E-state index is 11.7. The predicted molar refractivity (Wildman–Crippen MR) is 79.8 cm³/mol. The first-order valence-corrected chi connectivity index (χ1v) is 7.93. The van der Waals surface area contributed by atoms with Crippen LogP contribution in [0.4, 0.5) is 0 Å². The van der Waals surface area contributed by atoms with Crippen LogP contribution < -0.4 is 0 Å². The molecule has 2 rings (SSSR count). The Bertz CT molecular complexity index is 470. The second-order valence-corrected chi connectivity index (χ2v) is 6.05. The van der Waals surface area contributed by atoms with Gasteiger partial charge < -0.3 is 5.11 Å². The van der Waals surface area contributed by atoms with Crippen molar-refractivity contribution in [1.29, 1.82) is 0 Å². The van der Waals surface area contributed by atoms with Crippen LogP contribution in [0.5, 0.6) is 0 Å². The summed E-state index contributed by atoms with van der Waals surface area (Å²) in [7, 11) is 0. The molecule has 21 heavy (non-hydrogen) atoms. The Morgan fingerprint density at radius 1 is 1.43 bits per heavy atom. The van der Waals surface area contributed by atoms with Gasteiger partial charge in [0, 0.05) is 13.1 Å². The molecule has 118 valence electrons. The van der Waals surface area contributed by atoms with Crippen molar-refractivity contribution in [2.75, 3.05) is 13.1 Å². The van der Waals surface area contributed by atoms with E-state index in [4.69, 9.17) is 0 Å². The number of aromatic nitrogens is 3. The van der Waals surface area contributed by atoms with Gasteiger partial charge in [-0.25, -0.2) is 9.67 Å². The van der Waals surface area contributed by atoms with Gasteiger partial charge in [-0.3, -0.25) is 9.69 Å². The number of hydrogen-bond acceptors (Lipinski definition) is 4. The zero-order valence-corrected chi connectivity index (χ0v) is 13.1. The molecule has 1 aliphatic rings. The quantitative estimate of drug-likeness (QED) is 0.834. The van der Waals surface area contributed by atoms with E-state index < -0.39 is 11.4 Å². The standard InChI is InChI=1S/C15H26N4O2/c1-3-6-15(14(20)21)7-5-9-18(11-15)10-13-16-12-17-19(13)8-4-2/h12H,3-11H2,1-2H3,(H,20,21). The number of likely N-dealkylation sites (tertiary alicyclic amines) is 1. The summed E-state index contributed by atoms with van der Waals surface area (Å²) in [5, 5.41) is 13.9. The van der Waals surface area contributed by atoms with Crippen LogP contribution in [-0.4, -0.2) is 43.8 Å². The lowest BCUT2D eigenvalue weighted by Crippen LogP contribution is -2.47. The fourth-order valence-corrected chi connectivity index (χ4v) is 3.34. The molecule has 1 aliphatic heterocycles. The molecule has 0 saturated carbocycles. The van der Waals surface area contributed by atoms with E-state index in [0.717, 1.165) is 51.0 Å². The lowest BCUT2D eigenvalue weighted by atomic mass is 9.76. The summed E-state index contributed by atoms with van der Waals surface area (Å²) in [5.41, 5.74) is -0.581. The smallest absolute Gasteiger partial charge is 0.310 e. The highest BCUT2D eigenvalue weighted by Gasteiger charge is 2.41. The van der Waals surface area contributed by atoms with Crippen LogP contribution in [0.3, 0.4) is 0 Å². The van der Waals surface area contributed by atoms with Crippen LogP contribution in [0, 0.1) is 5.41 Å². The normalized spacial score (nSPS) is 23.3. The van der Waals surface area contributed by atoms with Gasteiger partial charge in [0.2, 0.25) is 0 Å². The minimum atomic E-state index is -0.649. The highest BCUT2D eigenvalue weighted by molar-refractivity contribution is 5.75. The Balaban J connectivity index is 2.06. The number of carboxylic acids is 1. The lowest BCUT2D eigenvalue weighted by molar-refractivity contribution is -0.153. The molecule has 1 aromatic heterocycles. The lowest BCUT2D eigenvalue weighted by Gasteiger charge is -2.39. The molecule has 6 heteroatoms. The van der Waals surface area contributed by atoms with E-state index in [9.17, 15) is 9.90 Å². The third-order valence-electron chi connectivity index (χ3n) is 4.33. The molecule has 0 aliphatic carbocycles. The minimum absolute atomic E-state index is 0.581. The van der Waals surface area contributed by atoms with Gasteiger partial charge in [0.25, 0.3) is 0 Å². The van der Waals surface area contributed by atoms with Crippen LogP contribution >= 0.6 is 0 Å². The third kappa shape index (κ3) is 3.61. The molecule has 1 fully saturated rings. The summed E-state index contributed by atoms with van der Waals surface area (Å²) in [6, 6.07) is 0. The third-order valence-corrected chi connectivity index (χ3v) is 4.33. The summed E-state index contributed by atoms with van der Waals surface area (Å²) in [5.74, 6) is 0.290. The molecular weight excluding hydrogens is 268 g/mol.